The number of likely N-dealkylation sites (N-methyl/N-ethyl adjacent to an activating group) is 1. The molecule has 1 heterocycles. The van der Waals surface area contributed by atoms with E-state index >= 15 is 0 Å². The first-order valence-corrected chi connectivity index (χ1v) is 36.5. The molecule has 1 fully saturated rings. The van der Waals surface area contributed by atoms with Gasteiger partial charge < -0.3 is 121 Å². The van der Waals surface area contributed by atoms with Crippen molar-refractivity contribution >= 4 is 5.97 Å². The van der Waals surface area contributed by atoms with Crippen molar-refractivity contribution < 1.29 is 126 Å². The van der Waals surface area contributed by atoms with Gasteiger partial charge in [0, 0.05) is 26.2 Å². The predicted molar refractivity (Wildman–Crippen MR) is 364 cm³/mol. The largest absolute Gasteiger partial charge is 1.00 e. The Morgan fingerprint density at radius 1 is 0.295 bits per heavy atom. The molecule has 0 bridgehead atoms. The second kappa shape index (κ2) is 81.8. The highest BCUT2D eigenvalue weighted by molar-refractivity contribution is 5.69. The van der Waals surface area contributed by atoms with Crippen molar-refractivity contribution in [1.29, 1.82) is 0 Å². The lowest BCUT2D eigenvalue weighted by molar-refractivity contribution is -0.913. The standard InChI is InChI=1S/C70H139N2O22.BrH/c1-4-6-8-9-10-11-12-13-14-15-16-17-18-19-20-21-29-74-30-31-75-32-33-76-34-35-77-36-37-78-38-39-79-40-41-80-42-43-81-44-45-82-46-47-83-48-49-84-50-51-85-52-53-86-54-55-87-56-57-88-58-59-89-60-61-90-62-63-91-64-65-92-66-67-93-68-69-94-70(73)22-23-71-24-27-72(3,28-25-71)26-7-5-2;/h13-14H,4-12,15-69H2,1-3H3;1H/q+1;/p-1. The molecule has 0 aromatic heterocycles. The zero-order chi connectivity index (χ0) is 67.2. The number of allylic oxidation sites excluding steroid dienone is 2. The molecule has 1 aliphatic heterocycles. The van der Waals surface area contributed by atoms with Gasteiger partial charge in [0.1, 0.15) is 6.61 Å². The molecule has 0 unspecified atom stereocenters. The molecule has 0 spiro atoms. The minimum Gasteiger partial charge on any atom is -1.00 e. The van der Waals surface area contributed by atoms with Crippen LogP contribution in [0.15, 0.2) is 12.2 Å². The molecule has 568 valence electrons. The second-order valence-corrected chi connectivity index (χ2v) is 23.1. The monoisotopic (exact) mass is 1440 g/mol. The van der Waals surface area contributed by atoms with Gasteiger partial charge in [0.15, 0.2) is 0 Å². The third kappa shape index (κ3) is 76.8. The molecule has 25 heteroatoms. The van der Waals surface area contributed by atoms with Crippen molar-refractivity contribution in [3.63, 3.8) is 0 Å². The van der Waals surface area contributed by atoms with E-state index in [1.54, 1.807) is 0 Å². The normalized spacial score (nSPS) is 13.4. The molecular weight excluding hydrogens is 1300 g/mol. The summed E-state index contributed by atoms with van der Waals surface area (Å²) in [7, 11) is 2.35. The molecule has 1 rings (SSSR count). The van der Waals surface area contributed by atoms with Gasteiger partial charge in [-0.25, -0.2) is 0 Å². The summed E-state index contributed by atoms with van der Waals surface area (Å²) in [6, 6.07) is 0. The number of piperazine rings is 1. The summed E-state index contributed by atoms with van der Waals surface area (Å²) in [6.07, 6.45) is 26.1. The summed E-state index contributed by atoms with van der Waals surface area (Å²) in [5.41, 5.74) is 0. The highest BCUT2D eigenvalue weighted by atomic mass is 79.9. The molecule has 0 saturated carbocycles. The molecule has 0 aliphatic carbocycles. The Hall–Kier alpha value is -1.19. The van der Waals surface area contributed by atoms with Crippen LogP contribution in [0.5, 0.6) is 0 Å². The SMILES string of the molecule is CCCCCCCCC=CCCCCCCCCOCCOCCOCCOCCOCCOCCOCCOCCOCCOCCOCCOCCOCCOCCOCCOCCOCCOCCOCCOCCOC(=O)CCN1CC[N+](C)(CCCC)CC1.[Br-]. The van der Waals surface area contributed by atoms with E-state index in [1.165, 1.54) is 103 Å². The van der Waals surface area contributed by atoms with E-state index in [9.17, 15) is 4.79 Å². The Morgan fingerprint density at radius 2 is 0.516 bits per heavy atom. The van der Waals surface area contributed by atoms with Crippen molar-refractivity contribution in [2.75, 3.05) is 317 Å². The van der Waals surface area contributed by atoms with Gasteiger partial charge in [-0.3, -0.25) is 9.69 Å². The predicted octanol–water partition coefficient (Wildman–Crippen LogP) is 4.86. The van der Waals surface area contributed by atoms with E-state index < -0.39 is 0 Å². The number of carbonyl (C=O) groups is 1. The van der Waals surface area contributed by atoms with Gasteiger partial charge in [-0.05, 0) is 38.5 Å². The Morgan fingerprint density at radius 3 is 0.779 bits per heavy atom. The molecule has 1 aliphatic rings. The first-order valence-electron chi connectivity index (χ1n) is 36.5. The average Bonchev–Trinajstić information content (AvgIpc) is 0.919. The van der Waals surface area contributed by atoms with Gasteiger partial charge >= 0.3 is 5.97 Å². The van der Waals surface area contributed by atoms with Crippen LogP contribution in [0.2, 0.25) is 0 Å². The maximum atomic E-state index is 12.1. The Kier molecular flexibility index (Phi) is 80.7. The Labute approximate surface area is 586 Å². The fourth-order valence-corrected chi connectivity index (χ4v) is 9.24. The highest BCUT2D eigenvalue weighted by Gasteiger charge is 2.28. The number of hydrogen-bond donors (Lipinski definition) is 0. The van der Waals surface area contributed by atoms with E-state index in [0.29, 0.717) is 264 Å². The van der Waals surface area contributed by atoms with Crippen molar-refractivity contribution in [3.05, 3.63) is 12.2 Å². The first-order chi connectivity index (χ1) is 46.6. The smallest absolute Gasteiger partial charge is 0.307 e. The van der Waals surface area contributed by atoms with Crippen LogP contribution in [-0.2, 0) is 104 Å². The summed E-state index contributed by atoms with van der Waals surface area (Å²) in [6.45, 7) is 31.3. The molecule has 0 aromatic rings. The summed E-state index contributed by atoms with van der Waals surface area (Å²) >= 11 is 0. The van der Waals surface area contributed by atoms with Crippen LogP contribution < -0.4 is 17.0 Å². The number of carbonyl (C=O) groups excluding carboxylic acids is 1. The summed E-state index contributed by atoms with van der Waals surface area (Å²) in [4.78, 5) is 14.5. The Bertz CT molecular complexity index is 1490. The molecule has 95 heavy (non-hydrogen) atoms. The van der Waals surface area contributed by atoms with Crippen molar-refractivity contribution in [1.82, 2.24) is 4.90 Å². The number of ether oxygens (including phenoxy) is 21. The van der Waals surface area contributed by atoms with Crippen LogP contribution in [0.3, 0.4) is 0 Å². The number of rotatable bonds is 82. The molecule has 0 amide bonds. The quantitative estimate of drug-likeness (QED) is 0.0344. The lowest BCUT2D eigenvalue weighted by atomic mass is 10.1. The maximum absolute atomic E-state index is 12.1. The van der Waals surface area contributed by atoms with E-state index in [2.05, 4.69) is 37.9 Å². The second-order valence-electron chi connectivity index (χ2n) is 23.1. The topological polar surface area (TPSA) is 214 Å². The molecule has 0 atom stereocenters. The number of quaternary nitrogens is 1. The fraction of sp³-hybridized carbons (Fsp3) is 0.957. The van der Waals surface area contributed by atoms with Crippen molar-refractivity contribution in [2.45, 2.75) is 123 Å². The van der Waals surface area contributed by atoms with Crippen molar-refractivity contribution in [3.8, 4) is 0 Å². The minimum atomic E-state index is -0.168. The molecule has 0 radical (unpaired) electrons. The minimum absolute atomic E-state index is 0. The highest BCUT2D eigenvalue weighted by Crippen LogP contribution is 2.13. The van der Waals surface area contributed by atoms with Crippen LogP contribution in [0.4, 0.5) is 0 Å². The van der Waals surface area contributed by atoms with Crippen LogP contribution in [-0.4, -0.2) is 333 Å². The molecule has 0 aromatic carbocycles. The zero-order valence-electron chi connectivity index (χ0n) is 60.2. The lowest BCUT2D eigenvalue weighted by Crippen LogP contribution is -3.00. The molecule has 24 nitrogen and oxygen atoms in total. The van der Waals surface area contributed by atoms with E-state index in [1.807, 2.05) is 0 Å². The van der Waals surface area contributed by atoms with E-state index in [4.69, 9.17) is 99.5 Å². The van der Waals surface area contributed by atoms with Gasteiger partial charge in [-0.15, -0.1) is 0 Å². The summed E-state index contributed by atoms with van der Waals surface area (Å²) < 4.78 is 118. The summed E-state index contributed by atoms with van der Waals surface area (Å²) in [5, 5.41) is 0. The van der Waals surface area contributed by atoms with E-state index in [-0.39, 0.29) is 29.6 Å². The van der Waals surface area contributed by atoms with Crippen LogP contribution >= 0.6 is 0 Å². The van der Waals surface area contributed by atoms with Gasteiger partial charge in [-0.1, -0.05) is 90.2 Å². The van der Waals surface area contributed by atoms with Crippen molar-refractivity contribution in [2.24, 2.45) is 0 Å². The number of hydrogen-bond acceptors (Lipinski definition) is 23. The Balaban J connectivity index is 0.0000884. The van der Waals surface area contributed by atoms with Gasteiger partial charge in [0.05, 0.1) is 291 Å². The lowest BCUT2D eigenvalue weighted by Gasteiger charge is -2.42. The molecule has 1 saturated heterocycles. The summed E-state index contributed by atoms with van der Waals surface area (Å²) in [5.74, 6) is -0.168. The fourth-order valence-electron chi connectivity index (χ4n) is 9.24. The first kappa shape index (κ1) is 93.8. The third-order valence-corrected chi connectivity index (χ3v) is 15.0. The van der Waals surface area contributed by atoms with E-state index in [0.717, 1.165) is 50.2 Å². The van der Waals surface area contributed by atoms with Crippen LogP contribution in [0.25, 0.3) is 0 Å². The maximum Gasteiger partial charge on any atom is 0.307 e. The van der Waals surface area contributed by atoms with Gasteiger partial charge in [0.25, 0.3) is 0 Å². The number of unbranched alkanes of at least 4 members (excludes halogenated alkanes) is 13. The number of nitrogens with zero attached hydrogens (tertiary/aromatic N) is 2. The zero-order valence-corrected chi connectivity index (χ0v) is 61.7. The third-order valence-electron chi connectivity index (χ3n) is 15.0. The number of esters is 1. The molecule has 0 N–H and O–H groups in total. The average molecular weight is 1440 g/mol. The van der Waals surface area contributed by atoms with Gasteiger partial charge in [-0.2, -0.15) is 0 Å². The van der Waals surface area contributed by atoms with Gasteiger partial charge in [0.2, 0.25) is 0 Å². The van der Waals surface area contributed by atoms with Crippen LogP contribution in [0.1, 0.15) is 123 Å². The van der Waals surface area contributed by atoms with Crippen LogP contribution in [0, 0.1) is 0 Å². The molecular formula is C70H139BrN2O22. The number of halogens is 1.